The zero-order valence-corrected chi connectivity index (χ0v) is 12.9. The van der Waals surface area contributed by atoms with Gasteiger partial charge in [0.2, 0.25) is 5.91 Å². The number of alkyl halides is 1. The first-order valence-electron chi connectivity index (χ1n) is 6.07. The van der Waals surface area contributed by atoms with Crippen LogP contribution in [0.15, 0.2) is 5.38 Å². The molecule has 0 aliphatic rings. The number of carbonyl (C=O) groups is 1. The molecule has 0 aromatic carbocycles. The predicted octanol–water partition coefficient (Wildman–Crippen LogP) is 3.71. The largest absolute Gasteiger partial charge is 0.358 e. The summed E-state index contributed by atoms with van der Waals surface area (Å²) in [5, 5.41) is 2.05. The average molecular weight is 290 g/mol. The first kappa shape index (κ1) is 15.5. The highest BCUT2D eigenvalue weighted by Gasteiger charge is 2.25. The highest BCUT2D eigenvalue weighted by Crippen LogP contribution is 2.32. The third-order valence-corrected chi connectivity index (χ3v) is 3.92. The Morgan fingerprint density at radius 2 is 2.22 bits per heavy atom. The average Bonchev–Trinajstić information content (AvgIpc) is 2.68. The molecule has 0 aliphatic heterocycles. The van der Waals surface area contributed by atoms with Gasteiger partial charge < -0.3 is 4.74 Å². The zero-order valence-electron chi connectivity index (χ0n) is 11.3. The summed E-state index contributed by atoms with van der Waals surface area (Å²) in [6.07, 6.45) is 0.637. The summed E-state index contributed by atoms with van der Waals surface area (Å²) in [6, 6.07) is 0. The van der Waals surface area contributed by atoms with Crippen LogP contribution in [0.5, 0.6) is 0 Å². The highest BCUT2D eigenvalue weighted by atomic mass is 35.5. The fourth-order valence-corrected chi connectivity index (χ4v) is 2.83. The van der Waals surface area contributed by atoms with Gasteiger partial charge in [-0.2, -0.15) is 0 Å². The van der Waals surface area contributed by atoms with Crippen LogP contribution in [0.25, 0.3) is 0 Å². The predicted molar refractivity (Wildman–Crippen MR) is 77.7 cm³/mol. The molecule has 1 atom stereocenters. The number of nitrogens with zero attached hydrogens (tertiary/aromatic N) is 1. The molecule has 1 rings (SSSR count). The molecule has 102 valence electrons. The van der Waals surface area contributed by atoms with Crippen molar-refractivity contribution in [3.63, 3.8) is 0 Å². The van der Waals surface area contributed by atoms with Crippen molar-refractivity contribution in [3.8, 4) is 0 Å². The van der Waals surface area contributed by atoms with Gasteiger partial charge in [-0.05, 0) is 38.1 Å². The molecule has 1 aromatic rings. The molecule has 1 aromatic heterocycles. The van der Waals surface area contributed by atoms with Crippen LogP contribution < -0.4 is 4.90 Å². The zero-order chi connectivity index (χ0) is 13.7. The molecule has 0 aliphatic carbocycles. The van der Waals surface area contributed by atoms with E-state index >= 15 is 0 Å². The standard InChI is InChI=1S/C13H20ClNO2S/c1-5-6-17-11(4)15(12(16)7-14)13-9(2)8-18-10(13)3/h8,11H,5-7H2,1-4H3. The van der Waals surface area contributed by atoms with E-state index in [1.165, 1.54) is 0 Å². The molecule has 1 unspecified atom stereocenters. The van der Waals surface area contributed by atoms with E-state index in [9.17, 15) is 4.79 Å². The fourth-order valence-electron chi connectivity index (χ4n) is 1.86. The van der Waals surface area contributed by atoms with Gasteiger partial charge in [0.05, 0.1) is 5.69 Å². The molecule has 18 heavy (non-hydrogen) atoms. The Bertz CT molecular complexity index is 386. The van der Waals surface area contributed by atoms with Crippen molar-refractivity contribution in [3.05, 3.63) is 15.8 Å². The number of halogens is 1. The number of anilines is 1. The lowest BCUT2D eigenvalue weighted by molar-refractivity contribution is -0.118. The first-order valence-corrected chi connectivity index (χ1v) is 7.48. The maximum atomic E-state index is 12.0. The van der Waals surface area contributed by atoms with Crippen LogP contribution in [0.2, 0.25) is 0 Å². The molecule has 1 heterocycles. The maximum Gasteiger partial charge on any atom is 0.244 e. The van der Waals surface area contributed by atoms with Crippen LogP contribution in [0.3, 0.4) is 0 Å². The first-order chi connectivity index (χ1) is 8.52. The molecule has 0 saturated carbocycles. The summed E-state index contributed by atoms with van der Waals surface area (Å²) in [7, 11) is 0. The molecule has 0 bridgehead atoms. The molecule has 3 nitrogen and oxygen atoms in total. The highest BCUT2D eigenvalue weighted by molar-refractivity contribution is 7.10. The maximum absolute atomic E-state index is 12.0. The second-order valence-corrected chi connectivity index (χ2v) is 5.54. The molecule has 0 radical (unpaired) electrons. The van der Waals surface area contributed by atoms with Crippen LogP contribution >= 0.6 is 22.9 Å². The Morgan fingerprint density at radius 1 is 1.56 bits per heavy atom. The lowest BCUT2D eigenvalue weighted by atomic mass is 10.2. The third-order valence-electron chi connectivity index (χ3n) is 2.67. The fraction of sp³-hybridized carbons (Fsp3) is 0.615. The summed E-state index contributed by atoms with van der Waals surface area (Å²) in [5.74, 6) is -0.154. The van der Waals surface area contributed by atoms with Gasteiger partial charge >= 0.3 is 0 Å². The summed E-state index contributed by atoms with van der Waals surface area (Å²) in [4.78, 5) is 14.8. The number of hydrogen-bond donors (Lipinski definition) is 0. The van der Waals surface area contributed by atoms with E-state index in [1.54, 1.807) is 16.2 Å². The van der Waals surface area contributed by atoms with Crippen molar-refractivity contribution >= 4 is 34.5 Å². The van der Waals surface area contributed by atoms with E-state index in [2.05, 4.69) is 0 Å². The summed E-state index contributed by atoms with van der Waals surface area (Å²) in [6.45, 7) is 8.57. The lowest BCUT2D eigenvalue weighted by Crippen LogP contribution is -2.41. The number of thiophene rings is 1. The van der Waals surface area contributed by atoms with Crippen molar-refractivity contribution < 1.29 is 9.53 Å². The SMILES string of the molecule is CCCOC(C)N(C(=O)CCl)c1c(C)csc1C. The normalized spacial score (nSPS) is 12.5. The van der Waals surface area contributed by atoms with Gasteiger partial charge in [-0.15, -0.1) is 22.9 Å². The van der Waals surface area contributed by atoms with Crippen LogP contribution in [-0.2, 0) is 9.53 Å². The smallest absolute Gasteiger partial charge is 0.244 e. The van der Waals surface area contributed by atoms with E-state index in [0.29, 0.717) is 6.61 Å². The van der Waals surface area contributed by atoms with Crippen LogP contribution in [0.4, 0.5) is 5.69 Å². The number of aryl methyl sites for hydroxylation is 2. The Labute approximate surface area is 118 Å². The minimum atomic E-state index is -0.289. The molecular weight excluding hydrogens is 270 g/mol. The number of hydrogen-bond acceptors (Lipinski definition) is 3. The second-order valence-electron chi connectivity index (χ2n) is 4.19. The lowest BCUT2D eigenvalue weighted by Gasteiger charge is -2.29. The van der Waals surface area contributed by atoms with Crippen LogP contribution in [0, 0.1) is 13.8 Å². The molecular formula is C13H20ClNO2S. The van der Waals surface area contributed by atoms with E-state index < -0.39 is 0 Å². The van der Waals surface area contributed by atoms with Gasteiger partial charge in [0.25, 0.3) is 0 Å². The molecule has 0 spiro atoms. The van der Waals surface area contributed by atoms with Crippen molar-refractivity contribution in [2.24, 2.45) is 0 Å². The van der Waals surface area contributed by atoms with E-state index in [1.807, 2.05) is 33.1 Å². The van der Waals surface area contributed by atoms with Crippen molar-refractivity contribution in [1.29, 1.82) is 0 Å². The Kier molecular flexibility index (Phi) is 6.12. The van der Waals surface area contributed by atoms with Gasteiger partial charge in [0, 0.05) is 11.5 Å². The Balaban J connectivity index is 3.02. The van der Waals surface area contributed by atoms with Crippen molar-refractivity contribution in [1.82, 2.24) is 0 Å². The quantitative estimate of drug-likeness (QED) is 0.590. The third kappa shape index (κ3) is 3.46. The van der Waals surface area contributed by atoms with Gasteiger partial charge in [-0.1, -0.05) is 6.92 Å². The minimum absolute atomic E-state index is 0.0332. The van der Waals surface area contributed by atoms with Crippen molar-refractivity contribution in [2.45, 2.75) is 40.3 Å². The Hall–Kier alpha value is -0.580. The number of rotatable bonds is 6. The topological polar surface area (TPSA) is 29.5 Å². The van der Waals surface area contributed by atoms with Gasteiger partial charge in [-0.3, -0.25) is 9.69 Å². The van der Waals surface area contributed by atoms with E-state index in [-0.39, 0.29) is 18.0 Å². The van der Waals surface area contributed by atoms with Gasteiger partial charge in [0.1, 0.15) is 12.1 Å². The molecule has 0 N–H and O–H groups in total. The van der Waals surface area contributed by atoms with Crippen LogP contribution in [0.1, 0.15) is 30.7 Å². The van der Waals surface area contributed by atoms with Crippen LogP contribution in [-0.4, -0.2) is 24.6 Å². The van der Waals surface area contributed by atoms with Crippen molar-refractivity contribution in [2.75, 3.05) is 17.4 Å². The minimum Gasteiger partial charge on any atom is -0.358 e. The second kappa shape index (κ2) is 7.12. The Morgan fingerprint density at radius 3 is 2.67 bits per heavy atom. The van der Waals surface area contributed by atoms with Gasteiger partial charge in [0.15, 0.2) is 0 Å². The number of amides is 1. The number of carbonyl (C=O) groups excluding carboxylic acids is 1. The van der Waals surface area contributed by atoms with E-state index in [4.69, 9.17) is 16.3 Å². The number of ether oxygens (including phenoxy) is 1. The summed E-state index contributed by atoms with van der Waals surface area (Å²) in [5.41, 5.74) is 2.03. The summed E-state index contributed by atoms with van der Waals surface area (Å²) < 4.78 is 5.66. The van der Waals surface area contributed by atoms with Gasteiger partial charge in [-0.25, -0.2) is 0 Å². The summed E-state index contributed by atoms with van der Waals surface area (Å²) >= 11 is 7.34. The molecule has 1 amide bonds. The molecule has 5 heteroatoms. The monoisotopic (exact) mass is 289 g/mol. The molecule has 0 saturated heterocycles. The van der Waals surface area contributed by atoms with E-state index in [0.717, 1.165) is 22.5 Å². The molecule has 0 fully saturated rings.